The maximum atomic E-state index is 12.7. The molecule has 0 saturated heterocycles. The van der Waals surface area contributed by atoms with Gasteiger partial charge >= 0.3 is 0 Å². The lowest BCUT2D eigenvalue weighted by Gasteiger charge is -2.25. The van der Waals surface area contributed by atoms with E-state index in [4.69, 9.17) is 16.3 Å². The Balaban J connectivity index is 2.01. The minimum atomic E-state index is -0.570. The largest absolute Gasteiger partial charge is 0.481 e. The van der Waals surface area contributed by atoms with Crippen LogP contribution in [0.15, 0.2) is 48.5 Å². The lowest BCUT2D eigenvalue weighted by Crippen LogP contribution is -2.40. The number of rotatable bonds is 7. The first-order chi connectivity index (χ1) is 11.9. The summed E-state index contributed by atoms with van der Waals surface area (Å²) in [6.45, 7) is 4.92. The third-order valence-electron chi connectivity index (χ3n) is 3.98. The highest BCUT2D eigenvalue weighted by atomic mass is 35.5. The summed E-state index contributed by atoms with van der Waals surface area (Å²) in [6, 6.07) is 15.3. The van der Waals surface area contributed by atoms with Gasteiger partial charge in [-0.1, -0.05) is 29.8 Å². The van der Waals surface area contributed by atoms with Crippen molar-refractivity contribution in [1.29, 1.82) is 0 Å². The van der Waals surface area contributed by atoms with E-state index >= 15 is 0 Å². The van der Waals surface area contributed by atoms with Gasteiger partial charge in [0.2, 0.25) is 0 Å². The van der Waals surface area contributed by atoms with E-state index in [0.29, 0.717) is 23.9 Å². The predicted molar refractivity (Wildman–Crippen MR) is 103 cm³/mol. The van der Waals surface area contributed by atoms with Crippen LogP contribution in [0.1, 0.15) is 19.4 Å². The molecule has 2 aromatic carbocycles. The van der Waals surface area contributed by atoms with Gasteiger partial charge in [-0.05, 0) is 49.7 Å². The monoisotopic (exact) mass is 360 g/mol. The number of benzene rings is 2. The number of carbonyl (C=O) groups excluding carboxylic acids is 1. The Morgan fingerprint density at radius 3 is 2.40 bits per heavy atom. The smallest absolute Gasteiger partial charge is 0.263 e. The van der Waals surface area contributed by atoms with E-state index in [1.165, 1.54) is 0 Å². The number of hydrogen-bond acceptors (Lipinski definition) is 3. The maximum Gasteiger partial charge on any atom is 0.263 e. The average molecular weight is 361 g/mol. The van der Waals surface area contributed by atoms with Crippen LogP contribution in [0.25, 0.3) is 0 Å². The van der Waals surface area contributed by atoms with Gasteiger partial charge in [-0.25, -0.2) is 0 Å². The Labute approximate surface area is 155 Å². The number of likely N-dealkylation sites (N-methyl/N-ethyl adjacent to an activating group) is 1. The van der Waals surface area contributed by atoms with Gasteiger partial charge in [0, 0.05) is 37.9 Å². The molecule has 2 rings (SSSR count). The third kappa shape index (κ3) is 5.40. The normalized spacial score (nSPS) is 11.7. The van der Waals surface area contributed by atoms with Gasteiger partial charge < -0.3 is 14.5 Å². The minimum absolute atomic E-state index is 0.0424. The van der Waals surface area contributed by atoms with Gasteiger partial charge in [0.1, 0.15) is 5.75 Å². The van der Waals surface area contributed by atoms with E-state index in [1.807, 2.05) is 38.1 Å². The minimum Gasteiger partial charge on any atom is -0.481 e. The summed E-state index contributed by atoms with van der Waals surface area (Å²) in [4.78, 5) is 16.5. The van der Waals surface area contributed by atoms with E-state index in [1.54, 1.807) is 36.1 Å². The van der Waals surface area contributed by atoms with Gasteiger partial charge in [-0.2, -0.15) is 0 Å². The highest BCUT2D eigenvalue weighted by molar-refractivity contribution is 6.30. The molecular formula is C20H25ClN2O2. The van der Waals surface area contributed by atoms with E-state index in [9.17, 15) is 4.79 Å². The molecule has 5 heteroatoms. The molecule has 0 aliphatic rings. The summed E-state index contributed by atoms with van der Waals surface area (Å²) in [5.74, 6) is 0.555. The van der Waals surface area contributed by atoms with E-state index in [2.05, 4.69) is 12.1 Å². The molecule has 1 unspecified atom stereocenters. The summed E-state index contributed by atoms with van der Waals surface area (Å²) >= 11 is 5.96. The molecule has 1 amide bonds. The molecule has 0 saturated carbocycles. The molecule has 0 bridgehead atoms. The van der Waals surface area contributed by atoms with E-state index in [0.717, 1.165) is 11.3 Å². The fourth-order valence-corrected chi connectivity index (χ4v) is 2.70. The summed E-state index contributed by atoms with van der Waals surface area (Å²) in [6.07, 6.45) is -0.570. The van der Waals surface area contributed by atoms with Crippen LogP contribution in [0.5, 0.6) is 5.75 Å². The molecule has 134 valence electrons. The number of amides is 1. The molecule has 0 aromatic heterocycles. The standard InChI is InChI=1S/C20H25ClN2O2/c1-5-23(14-16-9-11-18(12-10-16)22(3)4)20(24)15(2)25-19-8-6-7-17(21)13-19/h6-13,15H,5,14H2,1-4H3. The van der Waals surface area contributed by atoms with Crippen molar-refractivity contribution in [2.45, 2.75) is 26.5 Å². The number of hydrogen-bond donors (Lipinski definition) is 0. The van der Waals surface area contributed by atoms with Gasteiger partial charge in [0.15, 0.2) is 6.10 Å². The zero-order valence-corrected chi connectivity index (χ0v) is 16.0. The van der Waals surface area contributed by atoms with Crippen LogP contribution in [0.2, 0.25) is 5.02 Å². The molecule has 4 nitrogen and oxygen atoms in total. The molecule has 0 aliphatic heterocycles. The Morgan fingerprint density at radius 1 is 1.16 bits per heavy atom. The molecular weight excluding hydrogens is 336 g/mol. The molecule has 0 fully saturated rings. The Kier molecular flexibility index (Phi) is 6.71. The second-order valence-corrected chi connectivity index (χ2v) is 6.57. The van der Waals surface area contributed by atoms with Crippen LogP contribution < -0.4 is 9.64 Å². The number of ether oxygens (including phenoxy) is 1. The van der Waals surface area contributed by atoms with Gasteiger partial charge in [-0.15, -0.1) is 0 Å². The maximum absolute atomic E-state index is 12.7. The van der Waals surface area contributed by atoms with Crippen molar-refractivity contribution in [2.75, 3.05) is 25.5 Å². The van der Waals surface area contributed by atoms with Gasteiger partial charge in [0.05, 0.1) is 0 Å². The SMILES string of the molecule is CCN(Cc1ccc(N(C)C)cc1)C(=O)C(C)Oc1cccc(Cl)c1. The number of halogens is 1. The summed E-state index contributed by atoms with van der Waals surface area (Å²) in [5.41, 5.74) is 2.23. The molecule has 25 heavy (non-hydrogen) atoms. The number of carbonyl (C=O) groups is 1. The summed E-state index contributed by atoms with van der Waals surface area (Å²) in [5, 5.41) is 0.588. The van der Waals surface area contributed by atoms with E-state index < -0.39 is 6.10 Å². The van der Waals surface area contributed by atoms with Crippen LogP contribution >= 0.6 is 11.6 Å². The molecule has 0 heterocycles. The van der Waals surface area contributed by atoms with Crippen molar-refractivity contribution in [3.8, 4) is 5.75 Å². The Hall–Kier alpha value is -2.20. The molecule has 0 N–H and O–H groups in total. The van der Waals surface area contributed by atoms with Crippen molar-refractivity contribution >= 4 is 23.2 Å². The lowest BCUT2D eigenvalue weighted by atomic mass is 10.1. The summed E-state index contributed by atoms with van der Waals surface area (Å²) < 4.78 is 5.75. The van der Waals surface area contributed by atoms with Crippen LogP contribution in [0.3, 0.4) is 0 Å². The average Bonchev–Trinajstić information content (AvgIpc) is 2.59. The highest BCUT2D eigenvalue weighted by Crippen LogP contribution is 2.19. The summed E-state index contributed by atoms with van der Waals surface area (Å²) in [7, 11) is 4.01. The number of nitrogens with zero attached hydrogens (tertiary/aromatic N) is 2. The van der Waals surface area contributed by atoms with Crippen LogP contribution in [-0.4, -0.2) is 37.6 Å². The van der Waals surface area contributed by atoms with Crippen LogP contribution in [0.4, 0.5) is 5.69 Å². The predicted octanol–water partition coefficient (Wildman–Crippen LogP) is 4.22. The van der Waals surface area contributed by atoms with Crippen molar-refractivity contribution in [3.05, 3.63) is 59.1 Å². The number of anilines is 1. The van der Waals surface area contributed by atoms with Crippen LogP contribution in [0, 0.1) is 0 Å². The van der Waals surface area contributed by atoms with Gasteiger partial charge in [0.25, 0.3) is 5.91 Å². The Bertz CT molecular complexity index is 701. The first kappa shape index (κ1) is 19.1. The topological polar surface area (TPSA) is 32.8 Å². The third-order valence-corrected chi connectivity index (χ3v) is 4.21. The molecule has 0 aliphatic carbocycles. The molecule has 2 aromatic rings. The second-order valence-electron chi connectivity index (χ2n) is 6.13. The highest BCUT2D eigenvalue weighted by Gasteiger charge is 2.21. The quantitative estimate of drug-likeness (QED) is 0.741. The fraction of sp³-hybridized carbons (Fsp3) is 0.350. The molecule has 1 atom stereocenters. The molecule has 0 spiro atoms. The molecule has 0 radical (unpaired) electrons. The van der Waals surface area contributed by atoms with Crippen molar-refractivity contribution in [3.63, 3.8) is 0 Å². The fourth-order valence-electron chi connectivity index (χ4n) is 2.52. The second kappa shape index (κ2) is 8.77. The zero-order valence-electron chi connectivity index (χ0n) is 15.2. The zero-order chi connectivity index (χ0) is 18.4. The van der Waals surface area contributed by atoms with Crippen LogP contribution in [-0.2, 0) is 11.3 Å². The van der Waals surface area contributed by atoms with Crippen molar-refractivity contribution in [1.82, 2.24) is 4.90 Å². The first-order valence-corrected chi connectivity index (χ1v) is 8.75. The first-order valence-electron chi connectivity index (χ1n) is 8.38. The van der Waals surface area contributed by atoms with Crippen molar-refractivity contribution in [2.24, 2.45) is 0 Å². The Morgan fingerprint density at radius 2 is 1.84 bits per heavy atom. The van der Waals surface area contributed by atoms with E-state index in [-0.39, 0.29) is 5.91 Å². The van der Waals surface area contributed by atoms with Crippen molar-refractivity contribution < 1.29 is 9.53 Å². The lowest BCUT2D eigenvalue weighted by molar-refractivity contribution is -0.138. The van der Waals surface area contributed by atoms with Gasteiger partial charge in [-0.3, -0.25) is 4.79 Å².